The van der Waals surface area contributed by atoms with Gasteiger partial charge in [0.15, 0.2) is 11.9 Å². The Kier molecular flexibility index (Phi) is 4.78. The molecule has 1 unspecified atom stereocenters. The van der Waals surface area contributed by atoms with E-state index in [0.29, 0.717) is 12.2 Å². The van der Waals surface area contributed by atoms with Gasteiger partial charge in [-0.2, -0.15) is 5.10 Å². The van der Waals surface area contributed by atoms with Crippen LogP contribution in [0.3, 0.4) is 0 Å². The highest BCUT2D eigenvalue weighted by molar-refractivity contribution is 5.43. The van der Waals surface area contributed by atoms with E-state index < -0.39 is 0 Å². The molecule has 1 saturated heterocycles. The number of hydrogen-bond acceptors (Lipinski definition) is 5. The van der Waals surface area contributed by atoms with Gasteiger partial charge in [-0.3, -0.25) is 14.8 Å². The van der Waals surface area contributed by atoms with E-state index in [2.05, 4.69) is 41.9 Å². The van der Waals surface area contributed by atoms with E-state index in [4.69, 9.17) is 9.72 Å². The van der Waals surface area contributed by atoms with Crippen molar-refractivity contribution in [3.05, 3.63) is 51.3 Å². The van der Waals surface area contributed by atoms with Crippen LogP contribution in [0.5, 0.6) is 0 Å². The summed E-state index contributed by atoms with van der Waals surface area (Å²) >= 11 is 0. The molecule has 1 fully saturated rings. The Balaban J connectivity index is 1.40. The molecule has 160 valence electrons. The van der Waals surface area contributed by atoms with Crippen molar-refractivity contribution in [3.8, 4) is 0 Å². The summed E-state index contributed by atoms with van der Waals surface area (Å²) < 4.78 is 9.54. The summed E-state index contributed by atoms with van der Waals surface area (Å²) in [6.07, 6.45) is 5.96. The first-order valence-electron chi connectivity index (χ1n) is 10.9. The first kappa shape index (κ1) is 19.5. The lowest BCUT2D eigenvalue weighted by Crippen LogP contribution is -2.37. The molecule has 0 aromatic carbocycles. The van der Waals surface area contributed by atoms with Crippen LogP contribution in [0.2, 0.25) is 0 Å². The lowest BCUT2D eigenvalue weighted by atomic mass is 9.93. The molecule has 0 saturated carbocycles. The summed E-state index contributed by atoms with van der Waals surface area (Å²) in [4.78, 5) is 20.3. The molecule has 2 aliphatic heterocycles. The molecule has 0 spiro atoms. The average Bonchev–Trinajstić information content (AvgIpc) is 3.36. The van der Waals surface area contributed by atoms with Crippen LogP contribution < -0.4 is 5.56 Å². The zero-order valence-electron chi connectivity index (χ0n) is 18.0. The molecular weight excluding hydrogens is 380 g/mol. The van der Waals surface area contributed by atoms with Crippen molar-refractivity contribution in [3.63, 3.8) is 0 Å². The van der Waals surface area contributed by atoms with Gasteiger partial charge in [0.2, 0.25) is 0 Å². The fraction of sp³-hybridized carbons (Fsp3) is 0.591. The third-order valence-electron chi connectivity index (χ3n) is 6.21. The van der Waals surface area contributed by atoms with Crippen molar-refractivity contribution in [2.75, 3.05) is 13.2 Å². The van der Waals surface area contributed by atoms with Gasteiger partial charge in [0.25, 0.3) is 5.56 Å². The predicted molar refractivity (Wildman–Crippen MR) is 113 cm³/mol. The number of aromatic nitrogens is 5. The molecule has 3 aromatic heterocycles. The van der Waals surface area contributed by atoms with E-state index in [1.165, 1.54) is 6.42 Å². The molecule has 5 rings (SSSR count). The number of ether oxygens (including phenoxy) is 1. The lowest BCUT2D eigenvalue weighted by molar-refractivity contribution is -0.0421. The number of nitrogens with zero attached hydrogens (tertiary/aromatic N) is 5. The van der Waals surface area contributed by atoms with Crippen molar-refractivity contribution in [2.45, 2.75) is 71.2 Å². The number of fused-ring (bicyclic) bond motifs is 2. The summed E-state index contributed by atoms with van der Waals surface area (Å²) in [5.74, 6) is 0. The highest BCUT2D eigenvalue weighted by Gasteiger charge is 2.26. The van der Waals surface area contributed by atoms with E-state index in [1.54, 1.807) is 4.52 Å². The molecule has 1 atom stereocenters. The first-order valence-corrected chi connectivity index (χ1v) is 10.9. The monoisotopic (exact) mass is 410 g/mol. The number of rotatable bonds is 3. The van der Waals surface area contributed by atoms with Crippen LogP contribution in [0.25, 0.3) is 5.65 Å². The van der Waals surface area contributed by atoms with E-state index in [1.807, 2.05) is 16.9 Å². The van der Waals surface area contributed by atoms with Gasteiger partial charge in [-0.1, -0.05) is 20.8 Å². The quantitative estimate of drug-likeness (QED) is 0.718. The van der Waals surface area contributed by atoms with Crippen molar-refractivity contribution in [2.24, 2.45) is 0 Å². The Morgan fingerprint density at radius 2 is 2.17 bits per heavy atom. The number of H-pyrrole nitrogens is 1. The van der Waals surface area contributed by atoms with E-state index in [0.717, 1.165) is 61.6 Å². The Morgan fingerprint density at radius 1 is 1.30 bits per heavy atom. The summed E-state index contributed by atoms with van der Waals surface area (Å²) in [6.45, 7) is 9.41. The summed E-state index contributed by atoms with van der Waals surface area (Å²) in [7, 11) is 0. The van der Waals surface area contributed by atoms with Crippen LogP contribution in [0.15, 0.2) is 23.1 Å². The summed E-state index contributed by atoms with van der Waals surface area (Å²) in [6, 6.07) is 4.05. The van der Waals surface area contributed by atoms with Crippen molar-refractivity contribution >= 4 is 5.65 Å². The molecule has 30 heavy (non-hydrogen) atoms. The normalized spacial score (nSPS) is 20.6. The fourth-order valence-electron chi connectivity index (χ4n) is 4.43. The fourth-order valence-corrected chi connectivity index (χ4v) is 4.43. The maximum absolute atomic E-state index is 13.2. The molecule has 1 N–H and O–H groups in total. The molecular formula is C22H30N6O2. The second kappa shape index (κ2) is 7.35. The number of nitrogens with one attached hydrogen (secondary N) is 1. The minimum atomic E-state index is -0.0632. The van der Waals surface area contributed by atoms with Gasteiger partial charge >= 0.3 is 0 Å². The zero-order chi connectivity index (χ0) is 20.9. The van der Waals surface area contributed by atoms with Gasteiger partial charge in [-0.25, -0.2) is 14.2 Å². The Bertz CT molecular complexity index is 1110. The maximum atomic E-state index is 13.2. The minimum absolute atomic E-state index is 0.0133. The highest BCUT2D eigenvalue weighted by atomic mass is 16.5. The smallest absolute Gasteiger partial charge is 0.277 e. The van der Waals surface area contributed by atoms with Gasteiger partial charge in [0.1, 0.15) is 0 Å². The molecule has 3 aromatic rings. The van der Waals surface area contributed by atoms with Crippen LogP contribution >= 0.6 is 0 Å². The maximum Gasteiger partial charge on any atom is 0.277 e. The van der Waals surface area contributed by atoms with Crippen molar-refractivity contribution < 1.29 is 4.74 Å². The van der Waals surface area contributed by atoms with Gasteiger partial charge < -0.3 is 4.74 Å². The SMILES string of the molecule is CC(C)(C)c1cc2nc3c(c(=O)n2[nH]1)CN(Cc1ccnn1C1CCCCO1)CC3. The molecule has 0 amide bonds. The molecule has 5 heterocycles. The predicted octanol–water partition coefficient (Wildman–Crippen LogP) is 2.77. The molecule has 0 bridgehead atoms. The molecule has 0 radical (unpaired) electrons. The van der Waals surface area contributed by atoms with Crippen molar-refractivity contribution in [1.82, 2.24) is 29.3 Å². The Labute approximate surface area is 175 Å². The average molecular weight is 411 g/mol. The molecule has 8 nitrogen and oxygen atoms in total. The third kappa shape index (κ3) is 3.48. The standard InChI is InChI=1S/C22H30N6O2/c1-22(2,3)18-12-19-24-17-8-10-26(14-16(17)21(29)28(19)25-18)13-15-7-9-23-27(15)20-6-4-5-11-30-20/h7,9,12,20,25H,4-6,8,10-11,13-14H2,1-3H3. The number of hydrogen-bond donors (Lipinski definition) is 1. The second-order valence-corrected chi connectivity index (χ2v) is 9.50. The molecule has 0 aliphatic carbocycles. The van der Waals surface area contributed by atoms with Crippen LogP contribution in [0, 0.1) is 0 Å². The summed E-state index contributed by atoms with van der Waals surface area (Å²) in [5.41, 5.74) is 4.54. The van der Waals surface area contributed by atoms with Crippen LogP contribution in [-0.2, 0) is 29.7 Å². The van der Waals surface area contributed by atoms with Gasteiger partial charge in [0, 0.05) is 56.0 Å². The molecule has 8 heteroatoms. The Hall–Kier alpha value is -2.45. The van der Waals surface area contributed by atoms with E-state index >= 15 is 0 Å². The zero-order valence-corrected chi connectivity index (χ0v) is 18.0. The van der Waals surface area contributed by atoms with Crippen LogP contribution in [-0.4, -0.2) is 42.4 Å². The highest BCUT2D eigenvalue weighted by Crippen LogP contribution is 2.25. The van der Waals surface area contributed by atoms with E-state index in [-0.39, 0.29) is 17.2 Å². The summed E-state index contributed by atoms with van der Waals surface area (Å²) in [5, 5.41) is 7.77. The lowest BCUT2D eigenvalue weighted by Gasteiger charge is -2.29. The van der Waals surface area contributed by atoms with E-state index in [9.17, 15) is 4.79 Å². The molecule has 2 aliphatic rings. The topological polar surface area (TPSA) is 80.5 Å². The minimum Gasteiger partial charge on any atom is -0.357 e. The van der Waals surface area contributed by atoms with Crippen LogP contribution in [0.1, 0.15) is 68.9 Å². The van der Waals surface area contributed by atoms with Crippen molar-refractivity contribution in [1.29, 1.82) is 0 Å². The largest absolute Gasteiger partial charge is 0.357 e. The second-order valence-electron chi connectivity index (χ2n) is 9.50. The Morgan fingerprint density at radius 3 is 2.93 bits per heavy atom. The third-order valence-corrected chi connectivity index (χ3v) is 6.21. The van der Waals surface area contributed by atoms with Gasteiger partial charge in [-0.05, 0) is 25.3 Å². The van der Waals surface area contributed by atoms with Gasteiger partial charge in [0.05, 0.1) is 17.0 Å². The van der Waals surface area contributed by atoms with Gasteiger partial charge in [-0.15, -0.1) is 0 Å². The van der Waals surface area contributed by atoms with Crippen LogP contribution in [0.4, 0.5) is 0 Å². The number of aromatic amines is 1. The first-order chi connectivity index (χ1) is 14.4.